The minimum atomic E-state index is -0.219. The molecule has 1 nitrogen and oxygen atoms in total. The Kier molecular flexibility index (Phi) is 4.69. The zero-order chi connectivity index (χ0) is 13.7. The topological polar surface area (TPSA) is 20.2 Å². The van der Waals surface area contributed by atoms with E-state index in [1.54, 1.807) is 12.1 Å². The lowest BCUT2D eigenvalue weighted by atomic mass is 9.93. The second-order valence-electron chi connectivity index (χ2n) is 5.07. The van der Waals surface area contributed by atoms with Crippen molar-refractivity contribution in [1.82, 2.24) is 0 Å². The van der Waals surface area contributed by atoms with Crippen LogP contribution in [0, 0.1) is 18.7 Å². The fourth-order valence-corrected chi connectivity index (χ4v) is 2.33. The van der Waals surface area contributed by atoms with Crippen LogP contribution in [-0.2, 0) is 12.8 Å². The number of hydrogen-bond donors (Lipinski definition) is 1. The molecule has 0 bridgehead atoms. The van der Waals surface area contributed by atoms with Crippen LogP contribution in [0.25, 0.3) is 0 Å². The standard InChI is InChI=1S/C17H19FO/c1-13-3-2-4-15(9-13)11-16(12-19)10-14-5-7-17(18)8-6-14/h2-9,16,19H,10-12H2,1H3. The first kappa shape index (κ1) is 13.8. The third kappa shape index (κ3) is 4.18. The van der Waals surface area contributed by atoms with Crippen LogP contribution in [0.5, 0.6) is 0 Å². The third-order valence-electron chi connectivity index (χ3n) is 3.30. The molecule has 0 heterocycles. The number of rotatable bonds is 5. The van der Waals surface area contributed by atoms with Crippen molar-refractivity contribution in [2.24, 2.45) is 5.92 Å². The van der Waals surface area contributed by atoms with E-state index in [1.165, 1.54) is 23.3 Å². The van der Waals surface area contributed by atoms with Crippen LogP contribution in [0.3, 0.4) is 0 Å². The fraction of sp³-hybridized carbons (Fsp3) is 0.294. The van der Waals surface area contributed by atoms with E-state index >= 15 is 0 Å². The Morgan fingerprint density at radius 3 is 2.32 bits per heavy atom. The molecule has 0 fully saturated rings. The molecule has 0 aliphatic rings. The molecule has 0 saturated heterocycles. The molecular weight excluding hydrogens is 239 g/mol. The minimum Gasteiger partial charge on any atom is -0.396 e. The van der Waals surface area contributed by atoms with Gasteiger partial charge in [-0.25, -0.2) is 4.39 Å². The van der Waals surface area contributed by atoms with Crippen LogP contribution in [0.1, 0.15) is 16.7 Å². The molecule has 1 unspecified atom stereocenters. The Morgan fingerprint density at radius 1 is 1.00 bits per heavy atom. The van der Waals surface area contributed by atoms with Crippen LogP contribution < -0.4 is 0 Å². The summed E-state index contributed by atoms with van der Waals surface area (Å²) in [5, 5.41) is 9.50. The van der Waals surface area contributed by atoms with E-state index in [2.05, 4.69) is 25.1 Å². The highest BCUT2D eigenvalue weighted by Gasteiger charge is 2.10. The number of halogens is 1. The molecule has 0 radical (unpaired) electrons. The monoisotopic (exact) mass is 258 g/mol. The lowest BCUT2D eigenvalue weighted by Crippen LogP contribution is -2.13. The van der Waals surface area contributed by atoms with Gasteiger partial charge in [0.1, 0.15) is 5.82 Å². The van der Waals surface area contributed by atoms with Crippen molar-refractivity contribution >= 4 is 0 Å². The van der Waals surface area contributed by atoms with E-state index in [1.807, 2.05) is 6.07 Å². The molecule has 0 aliphatic heterocycles. The lowest BCUT2D eigenvalue weighted by Gasteiger charge is -2.14. The molecule has 1 N–H and O–H groups in total. The van der Waals surface area contributed by atoms with Crippen molar-refractivity contribution in [2.75, 3.05) is 6.61 Å². The van der Waals surface area contributed by atoms with Crippen molar-refractivity contribution in [2.45, 2.75) is 19.8 Å². The number of benzene rings is 2. The van der Waals surface area contributed by atoms with Gasteiger partial charge >= 0.3 is 0 Å². The molecule has 0 aromatic heterocycles. The molecule has 0 spiro atoms. The van der Waals surface area contributed by atoms with Crippen molar-refractivity contribution in [1.29, 1.82) is 0 Å². The van der Waals surface area contributed by atoms with E-state index in [4.69, 9.17) is 0 Å². The summed E-state index contributed by atoms with van der Waals surface area (Å²) >= 11 is 0. The highest BCUT2D eigenvalue weighted by atomic mass is 19.1. The number of aliphatic hydroxyl groups is 1. The SMILES string of the molecule is Cc1cccc(CC(CO)Cc2ccc(F)cc2)c1. The number of aryl methyl sites for hydroxylation is 1. The molecule has 19 heavy (non-hydrogen) atoms. The predicted molar refractivity (Wildman–Crippen MR) is 75.6 cm³/mol. The molecule has 2 heteroatoms. The van der Waals surface area contributed by atoms with E-state index in [0.717, 1.165) is 18.4 Å². The zero-order valence-electron chi connectivity index (χ0n) is 11.1. The molecule has 2 aromatic carbocycles. The van der Waals surface area contributed by atoms with Gasteiger partial charge in [0.05, 0.1) is 0 Å². The molecule has 2 aromatic rings. The Bertz CT molecular complexity index is 519. The van der Waals surface area contributed by atoms with E-state index in [-0.39, 0.29) is 18.3 Å². The van der Waals surface area contributed by atoms with Crippen molar-refractivity contribution in [3.05, 3.63) is 71.0 Å². The quantitative estimate of drug-likeness (QED) is 0.870. The molecule has 0 saturated carbocycles. The minimum absolute atomic E-state index is 0.144. The van der Waals surface area contributed by atoms with Gasteiger partial charge in [0.25, 0.3) is 0 Å². The maximum absolute atomic E-state index is 12.8. The summed E-state index contributed by atoms with van der Waals surface area (Å²) in [6, 6.07) is 14.8. The third-order valence-corrected chi connectivity index (χ3v) is 3.30. The van der Waals surface area contributed by atoms with Crippen LogP contribution >= 0.6 is 0 Å². The first-order chi connectivity index (χ1) is 9.17. The molecule has 0 amide bonds. The molecule has 100 valence electrons. The first-order valence-electron chi connectivity index (χ1n) is 6.58. The summed E-state index contributed by atoms with van der Waals surface area (Å²) < 4.78 is 12.8. The first-order valence-corrected chi connectivity index (χ1v) is 6.58. The summed E-state index contributed by atoms with van der Waals surface area (Å²) in [5.74, 6) is -0.0461. The summed E-state index contributed by atoms with van der Waals surface area (Å²) in [5.41, 5.74) is 3.53. The molecular formula is C17H19FO. The highest BCUT2D eigenvalue weighted by molar-refractivity contribution is 5.23. The van der Waals surface area contributed by atoms with Crippen molar-refractivity contribution in [3.63, 3.8) is 0 Å². The summed E-state index contributed by atoms with van der Waals surface area (Å²) in [6.07, 6.45) is 1.61. The summed E-state index contributed by atoms with van der Waals surface area (Å²) in [7, 11) is 0. The predicted octanol–water partition coefficient (Wildman–Crippen LogP) is 3.53. The second-order valence-corrected chi connectivity index (χ2v) is 5.07. The average Bonchev–Trinajstić information content (AvgIpc) is 2.40. The van der Waals surface area contributed by atoms with Crippen molar-refractivity contribution < 1.29 is 9.50 Å². The number of hydrogen-bond acceptors (Lipinski definition) is 1. The Hall–Kier alpha value is -1.67. The number of aliphatic hydroxyl groups excluding tert-OH is 1. The molecule has 1 atom stereocenters. The maximum atomic E-state index is 12.8. The van der Waals surface area contributed by atoms with Gasteiger partial charge in [-0.2, -0.15) is 0 Å². The highest BCUT2D eigenvalue weighted by Crippen LogP contribution is 2.16. The largest absolute Gasteiger partial charge is 0.396 e. The van der Waals surface area contributed by atoms with Gasteiger partial charge in [-0.05, 0) is 48.9 Å². The second kappa shape index (κ2) is 6.48. The zero-order valence-corrected chi connectivity index (χ0v) is 11.1. The van der Waals surface area contributed by atoms with Gasteiger partial charge in [-0.3, -0.25) is 0 Å². The van der Waals surface area contributed by atoms with E-state index in [9.17, 15) is 9.50 Å². The normalized spacial score (nSPS) is 12.4. The van der Waals surface area contributed by atoms with Crippen LogP contribution in [0.15, 0.2) is 48.5 Å². The Morgan fingerprint density at radius 2 is 1.68 bits per heavy atom. The Labute approximate surface area is 113 Å². The van der Waals surface area contributed by atoms with Gasteiger partial charge in [-0.15, -0.1) is 0 Å². The van der Waals surface area contributed by atoms with Gasteiger partial charge in [0.2, 0.25) is 0 Å². The smallest absolute Gasteiger partial charge is 0.123 e. The van der Waals surface area contributed by atoms with Crippen LogP contribution in [-0.4, -0.2) is 11.7 Å². The fourth-order valence-electron chi connectivity index (χ4n) is 2.33. The molecule has 0 aliphatic carbocycles. The summed E-state index contributed by atoms with van der Waals surface area (Å²) in [6.45, 7) is 2.21. The van der Waals surface area contributed by atoms with Gasteiger partial charge in [0, 0.05) is 6.61 Å². The summed E-state index contributed by atoms with van der Waals surface area (Å²) in [4.78, 5) is 0. The van der Waals surface area contributed by atoms with E-state index in [0.29, 0.717) is 0 Å². The van der Waals surface area contributed by atoms with Crippen LogP contribution in [0.2, 0.25) is 0 Å². The van der Waals surface area contributed by atoms with Gasteiger partial charge in [0.15, 0.2) is 0 Å². The van der Waals surface area contributed by atoms with E-state index < -0.39 is 0 Å². The lowest BCUT2D eigenvalue weighted by molar-refractivity contribution is 0.225. The Balaban J connectivity index is 2.02. The average molecular weight is 258 g/mol. The van der Waals surface area contributed by atoms with Crippen molar-refractivity contribution in [3.8, 4) is 0 Å². The maximum Gasteiger partial charge on any atom is 0.123 e. The van der Waals surface area contributed by atoms with Gasteiger partial charge < -0.3 is 5.11 Å². The van der Waals surface area contributed by atoms with Crippen LogP contribution in [0.4, 0.5) is 4.39 Å². The molecule has 2 rings (SSSR count). The van der Waals surface area contributed by atoms with Gasteiger partial charge in [-0.1, -0.05) is 42.0 Å².